The third-order valence-electron chi connectivity index (χ3n) is 5.38. The summed E-state index contributed by atoms with van der Waals surface area (Å²) in [6.45, 7) is 6.01. The first-order chi connectivity index (χ1) is 11.1. The van der Waals surface area contributed by atoms with E-state index in [1.807, 2.05) is 19.9 Å². The largest absolute Gasteiger partial charge is 0.456 e. The second-order valence-corrected chi connectivity index (χ2v) is 7.32. The second-order valence-electron chi connectivity index (χ2n) is 7.32. The zero-order valence-corrected chi connectivity index (χ0v) is 14.6. The molecule has 1 unspecified atom stereocenters. The van der Waals surface area contributed by atoms with Crippen molar-refractivity contribution < 1.29 is 9.21 Å². The van der Waals surface area contributed by atoms with Crippen LogP contribution in [0.3, 0.4) is 0 Å². The number of likely N-dealkylation sites (tertiary alicyclic amines) is 1. The fourth-order valence-corrected chi connectivity index (χ4v) is 4.20. The molecule has 1 aromatic rings. The van der Waals surface area contributed by atoms with Gasteiger partial charge in [-0.2, -0.15) is 0 Å². The first-order valence-electron chi connectivity index (χ1n) is 9.25. The summed E-state index contributed by atoms with van der Waals surface area (Å²) in [5.74, 6) is 1.23. The van der Waals surface area contributed by atoms with Crippen LogP contribution in [0.1, 0.15) is 73.2 Å². The average Bonchev–Trinajstić information content (AvgIpc) is 2.75. The second kappa shape index (κ2) is 7.52. The van der Waals surface area contributed by atoms with E-state index in [9.17, 15) is 4.79 Å². The van der Waals surface area contributed by atoms with E-state index < -0.39 is 0 Å². The Hall–Kier alpha value is -1.29. The molecular weight excluding hydrogens is 288 g/mol. The summed E-state index contributed by atoms with van der Waals surface area (Å²) in [6.07, 6.45) is 10.4. The van der Waals surface area contributed by atoms with Gasteiger partial charge in [0.05, 0.1) is 0 Å². The molecule has 128 valence electrons. The molecule has 0 radical (unpaired) electrons. The van der Waals surface area contributed by atoms with E-state index in [-0.39, 0.29) is 11.9 Å². The molecule has 4 heteroatoms. The van der Waals surface area contributed by atoms with Crippen molar-refractivity contribution in [2.24, 2.45) is 0 Å². The maximum Gasteiger partial charge on any atom is 0.287 e. The summed E-state index contributed by atoms with van der Waals surface area (Å²) in [4.78, 5) is 15.1. The van der Waals surface area contributed by atoms with Crippen molar-refractivity contribution in [3.05, 3.63) is 23.2 Å². The number of piperidine rings is 1. The molecule has 1 saturated heterocycles. The minimum absolute atomic E-state index is 0.0525. The Morgan fingerprint density at radius 3 is 2.52 bits per heavy atom. The number of carbonyl (C=O) groups excluding carboxylic acids is 1. The monoisotopic (exact) mass is 318 g/mol. The van der Waals surface area contributed by atoms with Gasteiger partial charge >= 0.3 is 0 Å². The third-order valence-corrected chi connectivity index (χ3v) is 5.38. The van der Waals surface area contributed by atoms with E-state index in [4.69, 9.17) is 4.42 Å². The van der Waals surface area contributed by atoms with E-state index >= 15 is 0 Å². The summed E-state index contributed by atoms with van der Waals surface area (Å²) in [7, 11) is 0. The van der Waals surface area contributed by atoms with Crippen LogP contribution in [-0.2, 0) is 0 Å². The molecule has 1 amide bonds. The molecule has 2 heterocycles. The van der Waals surface area contributed by atoms with E-state index in [2.05, 4.69) is 10.2 Å². The normalized spacial score (nSPS) is 24.3. The zero-order chi connectivity index (χ0) is 16.2. The first kappa shape index (κ1) is 16.6. The topological polar surface area (TPSA) is 45.5 Å². The van der Waals surface area contributed by atoms with Gasteiger partial charge in [-0.25, -0.2) is 0 Å². The highest BCUT2D eigenvalue weighted by atomic mass is 16.3. The Morgan fingerprint density at radius 2 is 1.87 bits per heavy atom. The van der Waals surface area contributed by atoms with Gasteiger partial charge in [0.15, 0.2) is 5.76 Å². The standard InChI is InChI=1S/C19H30N2O2/c1-14-12-15(2)23-18(14)19(22)20-16-8-7-11-21(13-16)17-9-5-3-4-6-10-17/h12,16-17H,3-11,13H2,1-2H3,(H,20,22). The Labute approximate surface area is 139 Å². The molecule has 1 N–H and O–H groups in total. The lowest BCUT2D eigenvalue weighted by molar-refractivity contribution is 0.0833. The lowest BCUT2D eigenvalue weighted by Gasteiger charge is -2.38. The highest BCUT2D eigenvalue weighted by molar-refractivity contribution is 5.93. The molecule has 1 aliphatic carbocycles. The number of nitrogens with zero attached hydrogens (tertiary/aromatic N) is 1. The Morgan fingerprint density at radius 1 is 1.13 bits per heavy atom. The van der Waals surface area contributed by atoms with Crippen LogP contribution in [0.4, 0.5) is 0 Å². The van der Waals surface area contributed by atoms with Crippen molar-refractivity contribution >= 4 is 5.91 Å². The van der Waals surface area contributed by atoms with Gasteiger partial charge in [-0.05, 0) is 52.1 Å². The van der Waals surface area contributed by atoms with Crippen LogP contribution < -0.4 is 5.32 Å². The van der Waals surface area contributed by atoms with Crippen molar-refractivity contribution in [3.8, 4) is 0 Å². The van der Waals surface area contributed by atoms with Crippen molar-refractivity contribution in [3.63, 3.8) is 0 Å². The van der Waals surface area contributed by atoms with E-state index in [1.165, 1.54) is 51.5 Å². The van der Waals surface area contributed by atoms with Crippen LogP contribution in [-0.4, -0.2) is 36.0 Å². The fourth-order valence-electron chi connectivity index (χ4n) is 4.20. The van der Waals surface area contributed by atoms with Crippen LogP contribution in [0.15, 0.2) is 10.5 Å². The lowest BCUT2D eigenvalue weighted by atomic mass is 10.00. The predicted molar refractivity (Wildman–Crippen MR) is 91.7 cm³/mol. The zero-order valence-electron chi connectivity index (χ0n) is 14.6. The van der Waals surface area contributed by atoms with Crippen LogP contribution >= 0.6 is 0 Å². The maximum atomic E-state index is 12.5. The SMILES string of the molecule is Cc1cc(C)c(C(=O)NC2CCCN(C3CCCCCC3)C2)o1. The number of nitrogens with one attached hydrogen (secondary N) is 1. The molecule has 1 saturated carbocycles. The molecule has 2 fully saturated rings. The molecule has 1 aromatic heterocycles. The van der Waals surface area contributed by atoms with Crippen molar-refractivity contribution in [1.82, 2.24) is 10.2 Å². The molecule has 1 atom stereocenters. The molecule has 0 bridgehead atoms. The Balaban J connectivity index is 1.57. The van der Waals surface area contributed by atoms with Gasteiger partial charge in [0.25, 0.3) is 5.91 Å². The van der Waals surface area contributed by atoms with Gasteiger partial charge < -0.3 is 9.73 Å². The Bertz CT molecular complexity index is 529. The van der Waals surface area contributed by atoms with Gasteiger partial charge in [0.1, 0.15) is 5.76 Å². The van der Waals surface area contributed by atoms with Crippen LogP contribution in [0.25, 0.3) is 0 Å². The number of aryl methyl sites for hydroxylation is 2. The number of hydrogen-bond donors (Lipinski definition) is 1. The number of furan rings is 1. The summed E-state index contributed by atoms with van der Waals surface area (Å²) in [5, 5.41) is 3.20. The highest BCUT2D eigenvalue weighted by Gasteiger charge is 2.28. The van der Waals surface area contributed by atoms with Gasteiger partial charge in [-0.3, -0.25) is 9.69 Å². The van der Waals surface area contributed by atoms with E-state index in [0.717, 1.165) is 30.3 Å². The summed E-state index contributed by atoms with van der Waals surface area (Å²) in [6, 6.07) is 2.90. The minimum Gasteiger partial charge on any atom is -0.456 e. The molecule has 0 aromatic carbocycles. The fraction of sp³-hybridized carbons (Fsp3) is 0.737. The number of amides is 1. The van der Waals surface area contributed by atoms with E-state index in [1.54, 1.807) is 0 Å². The Kier molecular flexibility index (Phi) is 5.42. The van der Waals surface area contributed by atoms with Crippen molar-refractivity contribution in [2.75, 3.05) is 13.1 Å². The van der Waals surface area contributed by atoms with Crippen LogP contribution in [0.5, 0.6) is 0 Å². The molecule has 1 aliphatic heterocycles. The molecule has 4 nitrogen and oxygen atoms in total. The molecule has 23 heavy (non-hydrogen) atoms. The summed E-state index contributed by atoms with van der Waals surface area (Å²) < 4.78 is 5.55. The maximum absolute atomic E-state index is 12.5. The van der Waals surface area contributed by atoms with Crippen LogP contribution in [0, 0.1) is 13.8 Å². The molecule has 2 aliphatic rings. The average molecular weight is 318 g/mol. The van der Waals surface area contributed by atoms with E-state index in [0.29, 0.717) is 5.76 Å². The minimum atomic E-state index is -0.0525. The van der Waals surface area contributed by atoms with Gasteiger partial charge in [-0.15, -0.1) is 0 Å². The number of carbonyl (C=O) groups is 1. The van der Waals surface area contributed by atoms with Gasteiger partial charge in [0.2, 0.25) is 0 Å². The smallest absolute Gasteiger partial charge is 0.287 e. The quantitative estimate of drug-likeness (QED) is 0.862. The van der Waals surface area contributed by atoms with Crippen molar-refractivity contribution in [1.29, 1.82) is 0 Å². The third kappa shape index (κ3) is 4.17. The van der Waals surface area contributed by atoms with Gasteiger partial charge in [-0.1, -0.05) is 25.7 Å². The number of hydrogen-bond acceptors (Lipinski definition) is 3. The lowest BCUT2D eigenvalue weighted by Crippen LogP contribution is -2.50. The molecule has 0 spiro atoms. The first-order valence-corrected chi connectivity index (χ1v) is 9.25. The molecular formula is C19H30N2O2. The van der Waals surface area contributed by atoms with Crippen LogP contribution in [0.2, 0.25) is 0 Å². The molecule has 3 rings (SSSR count). The summed E-state index contributed by atoms with van der Waals surface area (Å²) in [5.41, 5.74) is 0.927. The number of rotatable bonds is 3. The summed E-state index contributed by atoms with van der Waals surface area (Å²) >= 11 is 0. The highest BCUT2D eigenvalue weighted by Crippen LogP contribution is 2.25. The van der Waals surface area contributed by atoms with Gasteiger partial charge in [0, 0.05) is 24.2 Å². The van der Waals surface area contributed by atoms with Crippen molar-refractivity contribution in [2.45, 2.75) is 77.3 Å². The predicted octanol–water partition coefficient (Wildman–Crippen LogP) is 3.81.